The minimum atomic E-state index is -1.80. The molecule has 0 amide bonds. The van der Waals surface area contributed by atoms with E-state index in [1.54, 1.807) is 0 Å². The van der Waals surface area contributed by atoms with Crippen LogP contribution in [-0.4, -0.2) is 34.8 Å². The number of methoxy groups -OCH3 is 2. The second-order valence-electron chi connectivity index (χ2n) is 13.1. The lowest BCUT2D eigenvalue weighted by Gasteiger charge is -2.31. The molecule has 252 valence electrons. The number of hydrogen-bond acceptors (Lipinski definition) is 5. The van der Waals surface area contributed by atoms with Crippen LogP contribution >= 0.6 is 17.7 Å². The zero-order chi connectivity index (χ0) is 34.5. The fourth-order valence-corrected chi connectivity index (χ4v) is 9.94. The van der Waals surface area contributed by atoms with Crippen molar-refractivity contribution in [3.05, 3.63) is 142 Å². The standard InChI is InChI=1S/C41H38N2O5P2/c1-25-16-19-29-27(22-25)17-20-36(38(29)39-28-11-5-4-10-26(28)18-21-37(39)49)48-50(42-23-32(40(44)46-2)30-12-6-8-14-34(30)42)43-24-33(41(45)47-3)31-13-7-9-15-35(31)43/h4-15,17,20,23-25H,16,18-19,21-22,49H2,1-3H3. The summed E-state index contributed by atoms with van der Waals surface area (Å²) in [5.41, 5.74) is 10.1. The van der Waals surface area contributed by atoms with Gasteiger partial charge in [-0.1, -0.05) is 73.7 Å². The Morgan fingerprint density at radius 2 is 1.34 bits per heavy atom. The van der Waals surface area contributed by atoms with Crippen LogP contribution in [0.3, 0.4) is 0 Å². The molecule has 0 radical (unpaired) electrons. The summed E-state index contributed by atoms with van der Waals surface area (Å²) >= 11 is 0. The number of benzene rings is 4. The SMILES string of the molecule is COC(=O)c1cn(P(Oc2ccc3c(c2C2=C(P)CCc4ccccc42)CCC(C)C3)n2cc(C(=O)OC)c3ccccc32)c2ccccc12. The zero-order valence-electron chi connectivity index (χ0n) is 28.3. The van der Waals surface area contributed by atoms with Crippen LogP contribution in [0.25, 0.3) is 27.4 Å². The average Bonchev–Trinajstić information content (AvgIpc) is 3.73. The Kier molecular flexibility index (Phi) is 8.59. The van der Waals surface area contributed by atoms with Gasteiger partial charge in [-0.25, -0.2) is 9.59 Å². The molecule has 4 aromatic carbocycles. The molecule has 7 nitrogen and oxygen atoms in total. The highest BCUT2D eigenvalue weighted by Crippen LogP contribution is 2.52. The second kappa shape index (κ2) is 13.2. The van der Waals surface area contributed by atoms with E-state index in [-0.39, 0.29) is 0 Å². The van der Waals surface area contributed by atoms with Gasteiger partial charge in [0.2, 0.25) is 0 Å². The smallest absolute Gasteiger partial charge is 0.340 e. The number of esters is 2. The van der Waals surface area contributed by atoms with Crippen LogP contribution in [0.1, 0.15) is 68.3 Å². The Morgan fingerprint density at radius 1 is 0.740 bits per heavy atom. The van der Waals surface area contributed by atoms with Crippen molar-refractivity contribution in [2.24, 2.45) is 5.92 Å². The van der Waals surface area contributed by atoms with Crippen LogP contribution in [0.15, 0.2) is 103 Å². The van der Waals surface area contributed by atoms with Crippen LogP contribution in [0.5, 0.6) is 5.75 Å². The van der Waals surface area contributed by atoms with Gasteiger partial charge < -0.3 is 14.0 Å². The van der Waals surface area contributed by atoms with E-state index >= 15 is 0 Å². The maximum atomic E-state index is 13.2. The van der Waals surface area contributed by atoms with Gasteiger partial charge >= 0.3 is 20.4 Å². The number of aromatic nitrogens is 2. The third kappa shape index (κ3) is 5.44. The van der Waals surface area contributed by atoms with Gasteiger partial charge in [0.1, 0.15) is 5.75 Å². The van der Waals surface area contributed by atoms with Crippen molar-refractivity contribution in [3.63, 3.8) is 0 Å². The lowest BCUT2D eigenvalue weighted by Crippen LogP contribution is -2.16. The summed E-state index contributed by atoms with van der Waals surface area (Å²) in [5.74, 6) is 0.518. The van der Waals surface area contributed by atoms with Crippen molar-refractivity contribution < 1.29 is 23.6 Å². The fourth-order valence-electron chi connectivity index (χ4n) is 7.64. The fraction of sp³-hybridized carbons (Fsp3) is 0.220. The van der Waals surface area contributed by atoms with E-state index in [9.17, 15) is 9.59 Å². The summed E-state index contributed by atoms with van der Waals surface area (Å²) in [7, 11) is 4.04. The van der Waals surface area contributed by atoms with E-state index in [0.717, 1.165) is 65.2 Å². The molecule has 0 saturated heterocycles. The number of nitrogens with zero attached hydrogens (tertiary/aromatic N) is 2. The van der Waals surface area contributed by atoms with Gasteiger partial charge in [0.25, 0.3) is 0 Å². The Morgan fingerprint density at radius 3 is 1.98 bits per heavy atom. The normalized spacial score (nSPS) is 15.7. The maximum absolute atomic E-state index is 13.2. The van der Waals surface area contributed by atoms with E-state index in [2.05, 4.69) is 52.6 Å². The van der Waals surface area contributed by atoms with Gasteiger partial charge in [0.15, 0.2) is 0 Å². The summed E-state index contributed by atoms with van der Waals surface area (Å²) in [4.78, 5) is 26.3. The summed E-state index contributed by atoms with van der Waals surface area (Å²) in [5, 5.41) is 2.79. The van der Waals surface area contributed by atoms with Crippen LogP contribution in [0.2, 0.25) is 0 Å². The Labute approximate surface area is 295 Å². The topological polar surface area (TPSA) is 71.7 Å². The molecule has 0 aliphatic heterocycles. The minimum absolute atomic E-state index is 0.428. The molecule has 2 heterocycles. The summed E-state index contributed by atoms with van der Waals surface area (Å²) in [6, 6.07) is 28.6. The minimum Gasteiger partial charge on any atom is -0.465 e. The van der Waals surface area contributed by atoms with Gasteiger partial charge in [-0.15, -0.1) is 9.24 Å². The number of hydrogen-bond donors (Lipinski definition) is 0. The molecule has 2 aliphatic rings. The molecule has 0 fully saturated rings. The number of carbonyl (C=O) groups excluding carboxylic acids is 2. The largest absolute Gasteiger partial charge is 0.465 e. The van der Waals surface area contributed by atoms with Gasteiger partial charge in [0.05, 0.1) is 36.4 Å². The molecule has 2 unspecified atom stereocenters. The van der Waals surface area contributed by atoms with E-state index in [1.807, 2.05) is 69.6 Å². The van der Waals surface area contributed by atoms with E-state index in [0.29, 0.717) is 17.0 Å². The first-order valence-corrected chi connectivity index (χ1v) is 18.7. The highest BCUT2D eigenvalue weighted by Gasteiger charge is 2.32. The average molecular weight is 701 g/mol. The van der Waals surface area contributed by atoms with Crippen molar-refractivity contribution >= 4 is 57.0 Å². The third-order valence-corrected chi connectivity index (χ3v) is 12.4. The first-order valence-electron chi connectivity index (χ1n) is 17.0. The molecule has 50 heavy (non-hydrogen) atoms. The second-order valence-corrected chi connectivity index (χ2v) is 15.4. The summed E-state index contributed by atoms with van der Waals surface area (Å²) < 4.78 is 22.0. The third-order valence-electron chi connectivity index (χ3n) is 10.1. The molecule has 0 bridgehead atoms. The molecule has 2 atom stereocenters. The van der Waals surface area contributed by atoms with Gasteiger partial charge in [-0.2, -0.15) is 0 Å². The van der Waals surface area contributed by atoms with Crippen molar-refractivity contribution in [3.8, 4) is 5.75 Å². The molecule has 0 spiro atoms. The monoisotopic (exact) mass is 700 g/mol. The highest BCUT2D eigenvalue weighted by molar-refractivity contribution is 7.50. The van der Waals surface area contributed by atoms with Crippen molar-refractivity contribution in [2.75, 3.05) is 14.2 Å². The quantitative estimate of drug-likeness (QED) is 0.123. The molecule has 0 N–H and O–H groups in total. The predicted octanol–water partition coefficient (Wildman–Crippen LogP) is 9.58. The van der Waals surface area contributed by atoms with Gasteiger partial charge in [-0.3, -0.25) is 8.68 Å². The van der Waals surface area contributed by atoms with Crippen LogP contribution < -0.4 is 4.52 Å². The summed E-state index contributed by atoms with van der Waals surface area (Å²) in [6.07, 6.45) is 8.67. The van der Waals surface area contributed by atoms with E-state index in [4.69, 9.17) is 14.0 Å². The lowest BCUT2D eigenvalue weighted by atomic mass is 9.78. The molecular weight excluding hydrogens is 662 g/mol. The zero-order valence-corrected chi connectivity index (χ0v) is 30.4. The Balaban J connectivity index is 1.41. The summed E-state index contributed by atoms with van der Waals surface area (Å²) in [6.45, 7) is 2.33. The number of rotatable bonds is 7. The van der Waals surface area contributed by atoms with Crippen molar-refractivity contribution in [1.29, 1.82) is 0 Å². The number of fused-ring (bicyclic) bond motifs is 4. The lowest BCUT2D eigenvalue weighted by molar-refractivity contribution is 0.0594. The first kappa shape index (κ1) is 32.5. The molecular formula is C41H38N2O5P2. The Bertz CT molecular complexity index is 2260. The first-order chi connectivity index (χ1) is 24.4. The molecule has 6 aromatic rings. The van der Waals surface area contributed by atoms with E-state index in [1.165, 1.54) is 47.4 Å². The van der Waals surface area contributed by atoms with Gasteiger partial charge in [0, 0.05) is 28.7 Å². The van der Waals surface area contributed by atoms with Crippen LogP contribution in [0, 0.1) is 5.92 Å². The number of carbonyl (C=O) groups is 2. The van der Waals surface area contributed by atoms with Gasteiger partial charge in [-0.05, 0) is 89.4 Å². The van der Waals surface area contributed by atoms with Crippen LogP contribution in [-0.2, 0) is 28.7 Å². The molecule has 0 saturated carbocycles. The number of para-hydroxylation sites is 2. The maximum Gasteiger partial charge on any atom is 0.340 e. The van der Waals surface area contributed by atoms with E-state index < -0.39 is 20.4 Å². The van der Waals surface area contributed by atoms with Crippen molar-refractivity contribution in [1.82, 2.24) is 8.68 Å². The molecule has 2 aromatic heterocycles. The predicted molar refractivity (Wildman–Crippen MR) is 203 cm³/mol. The number of aryl methyl sites for hydroxylation is 1. The van der Waals surface area contributed by atoms with Crippen LogP contribution in [0.4, 0.5) is 0 Å². The van der Waals surface area contributed by atoms with Crippen molar-refractivity contribution in [2.45, 2.75) is 39.0 Å². The Hall–Kier alpha value is -4.70. The number of allylic oxidation sites excluding steroid dienone is 1. The number of ether oxygens (including phenoxy) is 2. The molecule has 9 heteroatoms. The highest BCUT2D eigenvalue weighted by atomic mass is 31.2. The molecule has 8 rings (SSSR count). The molecule has 2 aliphatic carbocycles.